The van der Waals surface area contributed by atoms with Crippen molar-refractivity contribution in [2.75, 3.05) is 16.8 Å². The number of nitrogens with one attached hydrogen (secondary N) is 1. The lowest BCUT2D eigenvalue weighted by Crippen LogP contribution is -2.35. The molecule has 0 bridgehead atoms. The van der Waals surface area contributed by atoms with Gasteiger partial charge in [-0.05, 0) is 48.7 Å². The van der Waals surface area contributed by atoms with Crippen molar-refractivity contribution >= 4 is 23.2 Å². The summed E-state index contributed by atoms with van der Waals surface area (Å²) in [5.41, 5.74) is 3.34. The maximum absolute atomic E-state index is 13.1. The Balaban J connectivity index is 1.59. The number of fused-ring (bicyclic) bond motifs is 1. The second-order valence-electron chi connectivity index (χ2n) is 6.73. The molecule has 0 atom stereocenters. The van der Waals surface area contributed by atoms with Crippen LogP contribution in [-0.4, -0.2) is 23.3 Å². The fourth-order valence-corrected chi connectivity index (χ4v) is 3.46. The highest BCUT2D eigenvalue weighted by Crippen LogP contribution is 2.28. The van der Waals surface area contributed by atoms with E-state index in [4.69, 9.17) is 0 Å². The molecule has 1 N–H and O–H groups in total. The molecule has 6 nitrogen and oxygen atoms in total. The minimum atomic E-state index is -0.471. The lowest BCUT2D eigenvalue weighted by Gasteiger charge is -2.29. The van der Waals surface area contributed by atoms with Gasteiger partial charge in [0, 0.05) is 24.0 Å². The van der Waals surface area contributed by atoms with E-state index in [0.29, 0.717) is 23.4 Å². The third kappa shape index (κ3) is 3.71. The van der Waals surface area contributed by atoms with Crippen molar-refractivity contribution in [3.63, 3.8) is 0 Å². The molecule has 29 heavy (non-hydrogen) atoms. The number of anilines is 2. The number of carbonyl (C=O) groups excluding carboxylic acids is 2. The summed E-state index contributed by atoms with van der Waals surface area (Å²) in [6.45, 7) is 0.634. The fourth-order valence-electron chi connectivity index (χ4n) is 3.46. The van der Waals surface area contributed by atoms with E-state index in [9.17, 15) is 14.9 Å². The first kappa shape index (κ1) is 18.4. The average molecular weight is 382 g/mol. The van der Waals surface area contributed by atoms with Gasteiger partial charge in [0.1, 0.15) is 11.8 Å². The molecule has 142 valence electrons. The zero-order valence-electron chi connectivity index (χ0n) is 15.6. The number of nitrogens with zero attached hydrogens (tertiary/aromatic N) is 3. The van der Waals surface area contributed by atoms with Gasteiger partial charge in [-0.15, -0.1) is 0 Å². The second-order valence-corrected chi connectivity index (χ2v) is 6.73. The molecule has 0 spiro atoms. The molecule has 1 aromatic heterocycles. The van der Waals surface area contributed by atoms with Crippen LogP contribution in [0.1, 0.15) is 38.4 Å². The Bertz CT molecular complexity index is 1130. The van der Waals surface area contributed by atoms with Gasteiger partial charge in [0.05, 0.1) is 11.3 Å². The summed E-state index contributed by atoms with van der Waals surface area (Å²) in [5.74, 6) is -0.632. The summed E-state index contributed by atoms with van der Waals surface area (Å²) in [4.78, 5) is 31.6. The van der Waals surface area contributed by atoms with Crippen LogP contribution in [0.15, 0.2) is 66.9 Å². The highest BCUT2D eigenvalue weighted by atomic mass is 16.2. The largest absolute Gasteiger partial charge is 0.319 e. The number of aryl methyl sites for hydroxylation is 1. The van der Waals surface area contributed by atoms with Crippen LogP contribution < -0.4 is 10.2 Å². The number of carbonyl (C=O) groups is 2. The van der Waals surface area contributed by atoms with E-state index < -0.39 is 5.91 Å². The van der Waals surface area contributed by atoms with E-state index >= 15 is 0 Å². The zero-order valence-corrected chi connectivity index (χ0v) is 15.6. The molecule has 4 rings (SSSR count). The molecule has 2 aromatic carbocycles. The molecule has 0 saturated carbocycles. The summed E-state index contributed by atoms with van der Waals surface area (Å²) in [5, 5.41) is 11.9. The van der Waals surface area contributed by atoms with Crippen LogP contribution in [-0.2, 0) is 6.42 Å². The predicted molar refractivity (Wildman–Crippen MR) is 110 cm³/mol. The van der Waals surface area contributed by atoms with E-state index in [1.807, 2.05) is 30.3 Å². The fraction of sp³-hybridized carbons (Fsp3) is 0.130. The summed E-state index contributed by atoms with van der Waals surface area (Å²) in [6.07, 6.45) is 3.29. The lowest BCUT2D eigenvalue weighted by atomic mass is 10.0. The molecule has 2 amide bonds. The number of hydrogen-bond donors (Lipinski definition) is 1. The first-order valence-corrected chi connectivity index (χ1v) is 9.33. The Morgan fingerprint density at radius 3 is 2.72 bits per heavy atom. The third-order valence-corrected chi connectivity index (χ3v) is 4.89. The Kier molecular flexibility index (Phi) is 5.04. The van der Waals surface area contributed by atoms with Gasteiger partial charge < -0.3 is 10.2 Å². The molecule has 1 aliphatic rings. The van der Waals surface area contributed by atoms with Crippen molar-refractivity contribution in [2.24, 2.45) is 0 Å². The molecule has 0 radical (unpaired) electrons. The number of para-hydroxylation sites is 2. The number of aromatic nitrogens is 1. The van der Waals surface area contributed by atoms with Crippen LogP contribution in [0.3, 0.4) is 0 Å². The summed E-state index contributed by atoms with van der Waals surface area (Å²) in [6, 6.07) is 19.7. The predicted octanol–water partition coefficient (Wildman–Crippen LogP) is 3.80. The van der Waals surface area contributed by atoms with Gasteiger partial charge in [0.15, 0.2) is 0 Å². The lowest BCUT2D eigenvalue weighted by molar-refractivity contribution is 0.0985. The van der Waals surface area contributed by atoms with E-state index in [1.54, 1.807) is 35.2 Å². The Morgan fingerprint density at radius 2 is 1.86 bits per heavy atom. The van der Waals surface area contributed by atoms with Gasteiger partial charge in [-0.25, -0.2) is 0 Å². The number of nitriles is 1. The van der Waals surface area contributed by atoms with Gasteiger partial charge in [0.25, 0.3) is 11.8 Å². The molecule has 0 unspecified atom stereocenters. The van der Waals surface area contributed by atoms with Crippen LogP contribution in [0.5, 0.6) is 0 Å². The molecular weight excluding hydrogens is 364 g/mol. The van der Waals surface area contributed by atoms with Gasteiger partial charge in [0.2, 0.25) is 0 Å². The standard InChI is InChI=1S/C23H18N4O2/c24-15-18-7-1-3-9-19(18)26-22(28)20-14-17(11-12-25-20)23(29)27-13-5-8-16-6-2-4-10-21(16)27/h1-4,6-7,9-12,14H,5,8,13H2,(H,26,28). The Morgan fingerprint density at radius 1 is 1.07 bits per heavy atom. The number of benzene rings is 2. The number of hydrogen-bond acceptors (Lipinski definition) is 4. The average Bonchev–Trinajstić information content (AvgIpc) is 2.78. The van der Waals surface area contributed by atoms with E-state index in [-0.39, 0.29) is 11.6 Å². The summed E-state index contributed by atoms with van der Waals surface area (Å²) < 4.78 is 0. The smallest absolute Gasteiger partial charge is 0.274 e. The highest BCUT2D eigenvalue weighted by molar-refractivity contribution is 6.09. The normalized spacial score (nSPS) is 12.6. The first-order valence-electron chi connectivity index (χ1n) is 9.33. The van der Waals surface area contributed by atoms with E-state index in [0.717, 1.165) is 24.1 Å². The number of rotatable bonds is 3. The molecule has 2 heterocycles. The number of amides is 2. The van der Waals surface area contributed by atoms with Crippen LogP contribution in [0.25, 0.3) is 0 Å². The minimum absolute atomic E-state index is 0.119. The van der Waals surface area contributed by atoms with Crippen molar-refractivity contribution in [1.29, 1.82) is 5.26 Å². The van der Waals surface area contributed by atoms with Crippen molar-refractivity contribution in [2.45, 2.75) is 12.8 Å². The number of pyridine rings is 1. The molecule has 0 fully saturated rings. The van der Waals surface area contributed by atoms with Crippen LogP contribution in [0.2, 0.25) is 0 Å². The zero-order chi connectivity index (χ0) is 20.2. The van der Waals surface area contributed by atoms with Crippen molar-refractivity contribution in [1.82, 2.24) is 4.98 Å². The van der Waals surface area contributed by atoms with Crippen molar-refractivity contribution in [3.8, 4) is 6.07 Å². The summed E-state index contributed by atoms with van der Waals surface area (Å²) >= 11 is 0. The van der Waals surface area contributed by atoms with Crippen molar-refractivity contribution in [3.05, 3.63) is 89.2 Å². The first-order chi connectivity index (χ1) is 14.2. The Hall–Kier alpha value is -3.98. The maximum atomic E-state index is 13.1. The van der Waals surface area contributed by atoms with E-state index in [2.05, 4.69) is 10.3 Å². The van der Waals surface area contributed by atoms with Crippen LogP contribution in [0.4, 0.5) is 11.4 Å². The van der Waals surface area contributed by atoms with Gasteiger partial charge in [-0.2, -0.15) is 5.26 Å². The van der Waals surface area contributed by atoms with Crippen LogP contribution in [0, 0.1) is 11.3 Å². The SMILES string of the molecule is N#Cc1ccccc1NC(=O)c1cc(C(=O)N2CCCc3ccccc32)ccn1. The van der Waals surface area contributed by atoms with Gasteiger partial charge >= 0.3 is 0 Å². The molecule has 6 heteroatoms. The minimum Gasteiger partial charge on any atom is -0.319 e. The molecule has 3 aromatic rings. The van der Waals surface area contributed by atoms with Crippen LogP contribution >= 0.6 is 0 Å². The molecular formula is C23H18N4O2. The van der Waals surface area contributed by atoms with Gasteiger partial charge in [-0.1, -0.05) is 30.3 Å². The topological polar surface area (TPSA) is 86.1 Å². The third-order valence-electron chi connectivity index (χ3n) is 4.89. The van der Waals surface area contributed by atoms with E-state index in [1.165, 1.54) is 12.3 Å². The second kappa shape index (κ2) is 7.95. The summed E-state index contributed by atoms with van der Waals surface area (Å²) in [7, 11) is 0. The highest BCUT2D eigenvalue weighted by Gasteiger charge is 2.24. The molecule has 0 saturated heterocycles. The Labute approximate surface area is 168 Å². The quantitative estimate of drug-likeness (QED) is 0.746. The van der Waals surface area contributed by atoms with Crippen molar-refractivity contribution < 1.29 is 9.59 Å². The maximum Gasteiger partial charge on any atom is 0.274 e. The monoisotopic (exact) mass is 382 g/mol. The van der Waals surface area contributed by atoms with Gasteiger partial charge in [-0.3, -0.25) is 14.6 Å². The molecule has 0 aliphatic carbocycles. The molecule has 1 aliphatic heterocycles.